The van der Waals surface area contributed by atoms with Crippen molar-refractivity contribution in [1.29, 1.82) is 0 Å². The monoisotopic (exact) mass is 243 g/mol. The smallest absolute Gasteiger partial charge is 0.0378 e. The van der Waals surface area contributed by atoms with E-state index in [1.54, 1.807) is 0 Å². The maximum atomic E-state index is 3.79. The van der Waals surface area contributed by atoms with Crippen molar-refractivity contribution in [3.8, 4) is 0 Å². The van der Waals surface area contributed by atoms with Gasteiger partial charge >= 0.3 is 0 Å². The zero-order valence-corrected chi connectivity index (χ0v) is 12.0. The van der Waals surface area contributed by atoms with Crippen molar-refractivity contribution in [2.24, 2.45) is 5.92 Å². The van der Waals surface area contributed by atoms with Crippen LogP contribution in [0.2, 0.25) is 0 Å². The summed E-state index contributed by atoms with van der Waals surface area (Å²) in [6, 6.07) is 0. The second kappa shape index (κ2) is 10.4. The Balaban J connectivity index is 0.00000137. The molecule has 1 heteroatoms. The van der Waals surface area contributed by atoms with Crippen LogP contribution < -0.4 is 5.32 Å². The SMILES string of the molecule is C=C/C(=C\C=C/C)NC1=CC(C)C=CC=C1.CC. The number of hydrogen-bond acceptors (Lipinski definition) is 1. The Bertz CT molecular complexity index is 378. The van der Waals surface area contributed by atoms with Gasteiger partial charge in [-0.15, -0.1) is 0 Å². The molecule has 0 aromatic rings. The summed E-state index contributed by atoms with van der Waals surface area (Å²) < 4.78 is 0. The van der Waals surface area contributed by atoms with Crippen molar-refractivity contribution in [3.05, 3.63) is 72.7 Å². The molecule has 0 saturated carbocycles. The molecular formula is C17H25N. The number of allylic oxidation sites excluding steroid dienone is 9. The molecule has 0 aromatic heterocycles. The molecule has 0 bridgehead atoms. The predicted octanol–water partition coefficient (Wildman–Crippen LogP) is 4.89. The quantitative estimate of drug-likeness (QED) is 0.693. The highest BCUT2D eigenvalue weighted by Gasteiger charge is 1.99. The van der Waals surface area contributed by atoms with Gasteiger partial charge in [-0.1, -0.05) is 63.8 Å². The lowest BCUT2D eigenvalue weighted by molar-refractivity contribution is 0.907. The van der Waals surface area contributed by atoms with Gasteiger partial charge in [0.05, 0.1) is 0 Å². The van der Waals surface area contributed by atoms with Gasteiger partial charge in [-0.25, -0.2) is 0 Å². The van der Waals surface area contributed by atoms with E-state index in [-0.39, 0.29) is 0 Å². The lowest BCUT2D eigenvalue weighted by atomic mass is 10.1. The van der Waals surface area contributed by atoms with Crippen LogP contribution in [0.3, 0.4) is 0 Å². The highest BCUT2D eigenvalue weighted by Crippen LogP contribution is 2.10. The van der Waals surface area contributed by atoms with Gasteiger partial charge in [0, 0.05) is 11.4 Å². The van der Waals surface area contributed by atoms with Crippen LogP contribution in [0.5, 0.6) is 0 Å². The molecule has 0 saturated heterocycles. The van der Waals surface area contributed by atoms with E-state index >= 15 is 0 Å². The fourth-order valence-corrected chi connectivity index (χ4v) is 1.40. The standard InChI is InChI=1S/C15H19N.C2H6/c1-4-6-10-14(5-2)16-15-11-8-7-9-13(3)12-15;1-2/h4-13,16H,2H2,1,3H3;1-2H3/b6-4-,14-10+;. The molecule has 1 N–H and O–H groups in total. The lowest BCUT2D eigenvalue weighted by Gasteiger charge is -2.08. The fourth-order valence-electron chi connectivity index (χ4n) is 1.40. The summed E-state index contributed by atoms with van der Waals surface area (Å²) in [6.07, 6.45) is 18.3. The van der Waals surface area contributed by atoms with Crippen LogP contribution in [0.15, 0.2) is 72.7 Å². The summed E-state index contributed by atoms with van der Waals surface area (Å²) in [7, 11) is 0. The molecule has 1 rings (SSSR count). The molecule has 0 heterocycles. The van der Waals surface area contributed by atoms with Crippen LogP contribution in [0.25, 0.3) is 0 Å². The van der Waals surface area contributed by atoms with Crippen molar-refractivity contribution < 1.29 is 0 Å². The van der Waals surface area contributed by atoms with Crippen molar-refractivity contribution in [1.82, 2.24) is 5.32 Å². The third-order valence-electron chi connectivity index (χ3n) is 2.22. The van der Waals surface area contributed by atoms with E-state index in [2.05, 4.69) is 43.1 Å². The van der Waals surface area contributed by atoms with Gasteiger partial charge in [0.15, 0.2) is 0 Å². The lowest BCUT2D eigenvalue weighted by Crippen LogP contribution is -2.10. The second-order valence-corrected chi connectivity index (χ2v) is 3.70. The minimum atomic E-state index is 0.449. The Labute approximate surface area is 112 Å². The van der Waals surface area contributed by atoms with Gasteiger partial charge in [-0.3, -0.25) is 0 Å². The van der Waals surface area contributed by atoms with Crippen LogP contribution >= 0.6 is 0 Å². The molecule has 1 nitrogen and oxygen atoms in total. The molecule has 0 aromatic carbocycles. The van der Waals surface area contributed by atoms with Crippen molar-refractivity contribution in [2.75, 3.05) is 0 Å². The first kappa shape index (κ1) is 16.2. The van der Waals surface area contributed by atoms with Gasteiger partial charge in [-0.05, 0) is 31.1 Å². The third-order valence-corrected chi connectivity index (χ3v) is 2.22. The van der Waals surface area contributed by atoms with Gasteiger partial charge in [0.2, 0.25) is 0 Å². The van der Waals surface area contributed by atoms with Crippen molar-refractivity contribution in [3.63, 3.8) is 0 Å². The molecule has 0 amide bonds. The minimum absolute atomic E-state index is 0.449. The fraction of sp³-hybridized carbons (Fsp3) is 0.294. The highest BCUT2D eigenvalue weighted by molar-refractivity contribution is 5.32. The zero-order chi connectivity index (χ0) is 13.8. The number of nitrogens with one attached hydrogen (secondary N) is 1. The molecule has 0 fully saturated rings. The Kier molecular flexibility index (Phi) is 9.38. The van der Waals surface area contributed by atoms with E-state index in [1.807, 2.05) is 51.2 Å². The maximum absolute atomic E-state index is 3.79. The van der Waals surface area contributed by atoms with E-state index in [4.69, 9.17) is 0 Å². The Hall–Kier alpha value is -1.76. The van der Waals surface area contributed by atoms with Gasteiger partial charge < -0.3 is 5.32 Å². The Morgan fingerprint density at radius 1 is 1.33 bits per heavy atom. The van der Waals surface area contributed by atoms with E-state index in [0.717, 1.165) is 11.4 Å². The normalized spacial score (nSPS) is 18.8. The molecular weight excluding hydrogens is 218 g/mol. The molecule has 98 valence electrons. The molecule has 0 radical (unpaired) electrons. The van der Waals surface area contributed by atoms with E-state index < -0.39 is 0 Å². The zero-order valence-electron chi connectivity index (χ0n) is 12.0. The third kappa shape index (κ3) is 6.74. The minimum Gasteiger partial charge on any atom is -0.356 e. The molecule has 0 aliphatic heterocycles. The Morgan fingerprint density at radius 2 is 2.06 bits per heavy atom. The number of hydrogen-bond donors (Lipinski definition) is 1. The first-order valence-corrected chi connectivity index (χ1v) is 6.55. The van der Waals surface area contributed by atoms with Crippen molar-refractivity contribution >= 4 is 0 Å². The van der Waals surface area contributed by atoms with Crippen LogP contribution in [0.1, 0.15) is 27.7 Å². The Morgan fingerprint density at radius 3 is 2.67 bits per heavy atom. The average Bonchev–Trinajstić information content (AvgIpc) is 2.61. The first-order valence-electron chi connectivity index (χ1n) is 6.55. The molecule has 18 heavy (non-hydrogen) atoms. The van der Waals surface area contributed by atoms with Crippen LogP contribution in [0, 0.1) is 5.92 Å². The summed E-state index contributed by atoms with van der Waals surface area (Å²) >= 11 is 0. The highest BCUT2D eigenvalue weighted by atomic mass is 14.9. The molecule has 0 spiro atoms. The molecule has 1 aliphatic rings. The number of rotatable bonds is 4. The predicted molar refractivity (Wildman–Crippen MR) is 83.1 cm³/mol. The van der Waals surface area contributed by atoms with Gasteiger partial charge in [0.25, 0.3) is 0 Å². The van der Waals surface area contributed by atoms with Gasteiger partial charge in [0.1, 0.15) is 0 Å². The largest absolute Gasteiger partial charge is 0.356 e. The van der Waals surface area contributed by atoms with E-state index in [9.17, 15) is 0 Å². The summed E-state index contributed by atoms with van der Waals surface area (Å²) in [6.45, 7) is 11.9. The molecule has 1 aliphatic carbocycles. The van der Waals surface area contributed by atoms with Crippen LogP contribution in [0.4, 0.5) is 0 Å². The summed E-state index contributed by atoms with van der Waals surface area (Å²) in [5.74, 6) is 0.449. The molecule has 1 atom stereocenters. The summed E-state index contributed by atoms with van der Waals surface area (Å²) in [5.41, 5.74) is 2.11. The van der Waals surface area contributed by atoms with Crippen LogP contribution in [-0.2, 0) is 0 Å². The van der Waals surface area contributed by atoms with Crippen LogP contribution in [-0.4, -0.2) is 0 Å². The van der Waals surface area contributed by atoms with Crippen molar-refractivity contribution in [2.45, 2.75) is 27.7 Å². The average molecular weight is 243 g/mol. The summed E-state index contributed by atoms with van der Waals surface area (Å²) in [4.78, 5) is 0. The topological polar surface area (TPSA) is 12.0 Å². The summed E-state index contributed by atoms with van der Waals surface area (Å²) in [5, 5.41) is 3.34. The van der Waals surface area contributed by atoms with Gasteiger partial charge in [-0.2, -0.15) is 0 Å². The maximum Gasteiger partial charge on any atom is 0.0378 e. The second-order valence-electron chi connectivity index (χ2n) is 3.70. The first-order chi connectivity index (χ1) is 8.76. The van der Waals surface area contributed by atoms with E-state index in [1.165, 1.54) is 0 Å². The van der Waals surface area contributed by atoms with E-state index in [0.29, 0.717) is 5.92 Å². The molecule has 1 unspecified atom stereocenters.